The summed E-state index contributed by atoms with van der Waals surface area (Å²) >= 11 is 0.943. The van der Waals surface area contributed by atoms with E-state index in [4.69, 9.17) is 4.74 Å². The molecule has 9 heteroatoms. The van der Waals surface area contributed by atoms with Crippen molar-refractivity contribution < 1.29 is 22.7 Å². The van der Waals surface area contributed by atoms with E-state index < -0.39 is 17.4 Å². The van der Waals surface area contributed by atoms with Crippen LogP contribution in [0.15, 0.2) is 52.4 Å². The van der Waals surface area contributed by atoms with Gasteiger partial charge in [-0.15, -0.1) is 0 Å². The molecule has 1 aliphatic carbocycles. The molecule has 4 rings (SSSR count). The van der Waals surface area contributed by atoms with Gasteiger partial charge in [-0.2, -0.15) is 13.2 Å². The quantitative estimate of drug-likeness (QED) is 0.538. The number of ether oxygens (including phenoxy) is 1. The molecule has 1 spiro atoms. The van der Waals surface area contributed by atoms with E-state index in [0.29, 0.717) is 10.7 Å². The molecule has 0 aromatic carbocycles. The van der Waals surface area contributed by atoms with Crippen LogP contribution in [0.1, 0.15) is 20.8 Å². The number of anilines is 1. The molecule has 1 aromatic heterocycles. The summed E-state index contributed by atoms with van der Waals surface area (Å²) in [5.41, 5.74) is 0.241. The van der Waals surface area contributed by atoms with Crippen LogP contribution in [0.4, 0.5) is 19.1 Å². The van der Waals surface area contributed by atoms with Crippen molar-refractivity contribution in [1.82, 2.24) is 9.55 Å². The van der Waals surface area contributed by atoms with E-state index in [-0.39, 0.29) is 17.2 Å². The zero-order chi connectivity index (χ0) is 20.4. The van der Waals surface area contributed by atoms with Crippen LogP contribution >= 0.6 is 11.8 Å². The number of imidazole rings is 1. The highest BCUT2D eigenvalue weighted by atomic mass is 32.2. The van der Waals surface area contributed by atoms with Crippen molar-refractivity contribution in [1.29, 1.82) is 0 Å². The molecule has 0 fully saturated rings. The lowest BCUT2D eigenvalue weighted by Gasteiger charge is -2.42. The molecule has 0 saturated heterocycles. The predicted molar refractivity (Wildman–Crippen MR) is 101 cm³/mol. The molecule has 0 bridgehead atoms. The number of carbonyl (C=O) groups excluding carboxylic acids is 1. The maximum absolute atomic E-state index is 13.9. The third kappa shape index (κ3) is 2.45. The normalized spacial score (nSPS) is 26.0. The van der Waals surface area contributed by atoms with Gasteiger partial charge in [0, 0.05) is 14.0 Å². The number of methoxy groups -OCH3 is 1. The second-order valence-corrected chi connectivity index (χ2v) is 8.13. The van der Waals surface area contributed by atoms with E-state index in [1.54, 1.807) is 23.8 Å². The van der Waals surface area contributed by atoms with Crippen molar-refractivity contribution in [2.24, 2.45) is 0 Å². The van der Waals surface area contributed by atoms with Gasteiger partial charge in [-0.25, -0.2) is 4.98 Å². The van der Waals surface area contributed by atoms with E-state index in [1.165, 1.54) is 24.1 Å². The van der Waals surface area contributed by atoms with Gasteiger partial charge in [0.05, 0.1) is 11.9 Å². The molecule has 5 nitrogen and oxygen atoms in total. The van der Waals surface area contributed by atoms with Gasteiger partial charge in [0.25, 0.3) is 0 Å². The van der Waals surface area contributed by atoms with Gasteiger partial charge in [0.1, 0.15) is 22.4 Å². The van der Waals surface area contributed by atoms with Crippen LogP contribution in [0.2, 0.25) is 0 Å². The minimum Gasteiger partial charge on any atom is -0.373 e. The maximum Gasteiger partial charge on any atom is 0.431 e. The average molecular weight is 409 g/mol. The molecule has 0 N–H and O–H groups in total. The Kier molecular flexibility index (Phi) is 4.17. The van der Waals surface area contributed by atoms with Crippen molar-refractivity contribution >= 4 is 28.5 Å². The lowest BCUT2D eigenvalue weighted by Crippen LogP contribution is -2.50. The van der Waals surface area contributed by atoms with E-state index in [0.717, 1.165) is 29.0 Å². The Hall–Kier alpha value is -2.26. The first-order chi connectivity index (χ1) is 13.1. The van der Waals surface area contributed by atoms with Crippen LogP contribution in [0.25, 0.3) is 5.70 Å². The molecule has 2 unspecified atom stereocenters. The van der Waals surface area contributed by atoms with Crippen LogP contribution in [-0.2, 0) is 9.53 Å². The molecule has 1 aromatic rings. The fourth-order valence-electron chi connectivity index (χ4n) is 4.33. The highest BCUT2D eigenvalue weighted by molar-refractivity contribution is 8.13. The zero-order valence-electron chi connectivity index (χ0n) is 15.7. The molecule has 148 valence electrons. The van der Waals surface area contributed by atoms with Crippen LogP contribution in [0.3, 0.4) is 0 Å². The minimum atomic E-state index is -4.56. The van der Waals surface area contributed by atoms with Gasteiger partial charge in [0.15, 0.2) is 5.12 Å². The van der Waals surface area contributed by atoms with Gasteiger partial charge in [-0.3, -0.25) is 14.3 Å². The SMILES string of the molecule is COC1C(C)=CC23C=CC=C(C(F)(F)F)N2c2ncc(SC(C)=O)n2C3=C1C. The average Bonchev–Trinajstić information content (AvgIpc) is 3.09. The third-order valence-electron chi connectivity index (χ3n) is 5.13. The molecule has 3 aliphatic rings. The maximum atomic E-state index is 13.9. The summed E-state index contributed by atoms with van der Waals surface area (Å²) < 4.78 is 48.9. The van der Waals surface area contributed by atoms with Crippen molar-refractivity contribution in [3.05, 3.63) is 47.3 Å². The lowest BCUT2D eigenvalue weighted by atomic mass is 9.79. The monoisotopic (exact) mass is 409 g/mol. The number of alkyl halides is 3. The van der Waals surface area contributed by atoms with Crippen molar-refractivity contribution in [2.75, 3.05) is 12.0 Å². The van der Waals surface area contributed by atoms with Crippen LogP contribution in [0.5, 0.6) is 0 Å². The molecular weight excluding hydrogens is 391 g/mol. The topological polar surface area (TPSA) is 47.4 Å². The minimum absolute atomic E-state index is 0.131. The standard InChI is InChI=1S/C19H18F3N3O2S/c1-10-8-18-7-5-6-13(19(20,21)22)25(18)17-23-9-14(28-12(3)26)24(17)16(18)11(2)15(10)27-4/h5-9,15H,1-4H3. The molecule has 2 aliphatic heterocycles. The first kappa shape index (κ1) is 19.1. The number of hydrogen-bond donors (Lipinski definition) is 0. The molecule has 0 radical (unpaired) electrons. The van der Waals surface area contributed by atoms with E-state index in [2.05, 4.69) is 4.98 Å². The van der Waals surface area contributed by atoms with Gasteiger partial charge < -0.3 is 4.74 Å². The van der Waals surface area contributed by atoms with E-state index in [1.807, 2.05) is 13.8 Å². The Morgan fingerprint density at radius 1 is 1.36 bits per heavy atom. The van der Waals surface area contributed by atoms with Gasteiger partial charge in [-0.1, -0.05) is 6.08 Å². The van der Waals surface area contributed by atoms with Crippen LogP contribution in [-0.4, -0.2) is 39.6 Å². The molecule has 0 saturated carbocycles. The number of hydrogen-bond acceptors (Lipinski definition) is 5. The fraction of sp³-hybridized carbons (Fsp3) is 0.368. The van der Waals surface area contributed by atoms with Crippen LogP contribution < -0.4 is 4.90 Å². The predicted octanol–water partition coefficient (Wildman–Crippen LogP) is 4.30. The summed E-state index contributed by atoms with van der Waals surface area (Å²) in [6.45, 7) is 5.09. The molecule has 0 amide bonds. The molecule has 2 atom stereocenters. The number of fused-ring (bicyclic) bond motifs is 3. The third-order valence-corrected chi connectivity index (χ3v) is 5.92. The van der Waals surface area contributed by atoms with Crippen molar-refractivity contribution in [3.63, 3.8) is 0 Å². The summed E-state index contributed by atoms with van der Waals surface area (Å²) in [5, 5.41) is 0.302. The summed E-state index contributed by atoms with van der Waals surface area (Å²) in [6.07, 6.45) is 2.50. The number of thioether (sulfide) groups is 1. The number of rotatable bonds is 2. The number of allylic oxidation sites excluding steroid dienone is 3. The van der Waals surface area contributed by atoms with Gasteiger partial charge in [0.2, 0.25) is 5.95 Å². The number of nitrogens with zero attached hydrogens (tertiary/aromatic N) is 3. The summed E-state index contributed by atoms with van der Waals surface area (Å²) in [4.78, 5) is 17.2. The zero-order valence-corrected chi connectivity index (χ0v) is 16.5. The molecule has 3 heterocycles. The van der Waals surface area contributed by atoms with Crippen LogP contribution in [0, 0.1) is 0 Å². The summed E-state index contributed by atoms with van der Waals surface area (Å²) in [7, 11) is 1.56. The van der Waals surface area contributed by atoms with Crippen molar-refractivity contribution in [2.45, 2.75) is 43.6 Å². The van der Waals surface area contributed by atoms with Gasteiger partial charge >= 0.3 is 6.18 Å². The Bertz CT molecular complexity index is 1000. The smallest absolute Gasteiger partial charge is 0.373 e. The molecule has 28 heavy (non-hydrogen) atoms. The Labute approximate surface area is 164 Å². The van der Waals surface area contributed by atoms with E-state index >= 15 is 0 Å². The summed E-state index contributed by atoms with van der Waals surface area (Å²) in [5.74, 6) is 0.131. The first-order valence-electron chi connectivity index (χ1n) is 8.58. The lowest BCUT2D eigenvalue weighted by molar-refractivity contribution is -0.109. The second kappa shape index (κ2) is 6.12. The van der Waals surface area contributed by atoms with E-state index in [9.17, 15) is 18.0 Å². The Morgan fingerprint density at radius 3 is 2.68 bits per heavy atom. The highest BCUT2D eigenvalue weighted by Crippen LogP contribution is 2.55. The number of halogens is 3. The Balaban J connectivity index is 2.05. The summed E-state index contributed by atoms with van der Waals surface area (Å²) in [6, 6.07) is 0. The van der Waals surface area contributed by atoms with Gasteiger partial charge in [-0.05, 0) is 55.0 Å². The van der Waals surface area contributed by atoms with Crippen molar-refractivity contribution in [3.8, 4) is 0 Å². The second-order valence-electron chi connectivity index (χ2n) is 6.93. The highest BCUT2D eigenvalue weighted by Gasteiger charge is 2.57. The largest absolute Gasteiger partial charge is 0.431 e. The fourth-order valence-corrected chi connectivity index (χ4v) is 5.00. The number of aromatic nitrogens is 2. The molecular formula is C19H18F3N3O2S. The Morgan fingerprint density at radius 2 is 2.07 bits per heavy atom. The number of carbonyl (C=O) groups is 1. The first-order valence-corrected chi connectivity index (χ1v) is 9.40.